The monoisotopic (exact) mass is 439 g/mol. The molecule has 1 aromatic heterocycles. The van der Waals surface area contributed by atoms with E-state index in [2.05, 4.69) is 0 Å². The topological polar surface area (TPSA) is 134 Å². The molecule has 0 bridgehead atoms. The summed E-state index contributed by atoms with van der Waals surface area (Å²) in [5, 5.41) is 10.9. The average Bonchev–Trinajstić information content (AvgIpc) is 3.18. The number of carbonyl (C=O) groups is 1. The van der Waals surface area contributed by atoms with Gasteiger partial charge in [0.2, 0.25) is 0 Å². The molecule has 2 heterocycles. The van der Waals surface area contributed by atoms with Crippen molar-refractivity contribution < 1.29 is 27.1 Å². The minimum atomic E-state index is -4.47. The lowest BCUT2D eigenvalue weighted by Crippen LogP contribution is -2.32. The van der Waals surface area contributed by atoms with Gasteiger partial charge >= 0.3 is 0 Å². The number of non-ortho nitro benzene ring substituents is 1. The number of hydrogen-bond donors (Lipinski definition) is 0. The molecule has 0 unspecified atom stereocenters. The number of benzene rings is 1. The van der Waals surface area contributed by atoms with Crippen LogP contribution in [-0.4, -0.2) is 45.3 Å². The first-order valence-corrected chi connectivity index (χ1v) is 10.5. The Kier molecular flexibility index (Phi) is 5.65. The normalized spacial score (nSPS) is 16.2. The summed E-state index contributed by atoms with van der Waals surface area (Å²) in [6.07, 6.45) is 1.44. The Hall–Kier alpha value is -2.54. The molecule has 1 aliphatic heterocycles. The van der Waals surface area contributed by atoms with Gasteiger partial charge < -0.3 is 8.97 Å². The van der Waals surface area contributed by atoms with Crippen molar-refractivity contribution in [3.05, 3.63) is 57.2 Å². The van der Waals surface area contributed by atoms with Crippen molar-refractivity contribution in [3.8, 4) is 11.3 Å². The minimum absolute atomic E-state index is 0.0790. The van der Waals surface area contributed by atoms with E-state index in [9.17, 15) is 27.9 Å². The highest BCUT2D eigenvalue weighted by Crippen LogP contribution is 2.33. The predicted molar refractivity (Wildman–Crippen MR) is 105 cm³/mol. The standard InChI is InChI=1S/C16H12N2O7S3/c19-15-14(27-16(26)17(15)6-7-28(22,23)24)9-12-4-5-13(25-12)10-2-1-3-11(8-10)18(20)21/h1-5,8-9H,6-7H2,(H,22,23,24)/p-1/b14-9+. The fourth-order valence-electron chi connectivity index (χ4n) is 2.38. The van der Waals surface area contributed by atoms with Gasteiger partial charge in [-0.1, -0.05) is 36.1 Å². The number of nitro groups is 1. The van der Waals surface area contributed by atoms with Crippen LogP contribution in [0.4, 0.5) is 5.69 Å². The third kappa shape index (κ3) is 4.65. The van der Waals surface area contributed by atoms with Crippen molar-refractivity contribution in [2.24, 2.45) is 0 Å². The van der Waals surface area contributed by atoms with Crippen LogP contribution in [0.2, 0.25) is 0 Å². The highest BCUT2D eigenvalue weighted by atomic mass is 32.2. The quantitative estimate of drug-likeness (QED) is 0.219. The molecule has 12 heteroatoms. The van der Waals surface area contributed by atoms with Crippen molar-refractivity contribution in [1.29, 1.82) is 0 Å². The lowest BCUT2D eigenvalue weighted by molar-refractivity contribution is -0.384. The number of nitro benzene ring substituents is 1. The van der Waals surface area contributed by atoms with Crippen LogP contribution in [0, 0.1) is 10.1 Å². The fourth-order valence-corrected chi connectivity index (χ4v) is 4.08. The molecule has 1 amide bonds. The van der Waals surface area contributed by atoms with E-state index in [0.717, 1.165) is 16.7 Å². The van der Waals surface area contributed by atoms with E-state index in [0.29, 0.717) is 17.1 Å². The Morgan fingerprint density at radius 1 is 1.29 bits per heavy atom. The van der Waals surface area contributed by atoms with E-state index in [1.165, 1.54) is 24.3 Å². The van der Waals surface area contributed by atoms with Crippen LogP contribution in [0.15, 0.2) is 45.7 Å². The molecule has 1 aromatic carbocycles. The summed E-state index contributed by atoms with van der Waals surface area (Å²) in [4.78, 5) is 24.0. The minimum Gasteiger partial charge on any atom is -0.748 e. The van der Waals surface area contributed by atoms with Gasteiger partial charge in [-0.05, 0) is 12.1 Å². The second-order valence-electron chi connectivity index (χ2n) is 5.60. The maximum Gasteiger partial charge on any atom is 0.270 e. The number of thiocarbonyl (C=S) groups is 1. The van der Waals surface area contributed by atoms with Gasteiger partial charge in [0.1, 0.15) is 15.8 Å². The van der Waals surface area contributed by atoms with Gasteiger partial charge in [0.05, 0.1) is 25.7 Å². The Morgan fingerprint density at radius 3 is 2.71 bits per heavy atom. The lowest BCUT2D eigenvalue weighted by Gasteiger charge is -2.15. The zero-order valence-electron chi connectivity index (χ0n) is 13.9. The largest absolute Gasteiger partial charge is 0.748 e. The zero-order chi connectivity index (χ0) is 20.5. The molecular weight excluding hydrogens is 428 g/mol. The van der Waals surface area contributed by atoms with Crippen molar-refractivity contribution in [3.63, 3.8) is 0 Å². The van der Waals surface area contributed by atoms with Crippen molar-refractivity contribution >= 4 is 56.1 Å². The first kappa shape index (κ1) is 20.2. The third-order valence-corrected chi connectivity index (χ3v) is 5.74. The van der Waals surface area contributed by atoms with E-state index in [-0.39, 0.29) is 21.5 Å². The van der Waals surface area contributed by atoms with Crippen LogP contribution < -0.4 is 0 Å². The molecule has 1 fully saturated rings. The first-order valence-electron chi connectivity index (χ1n) is 7.68. The van der Waals surface area contributed by atoms with E-state index >= 15 is 0 Å². The summed E-state index contributed by atoms with van der Waals surface area (Å²) in [5.41, 5.74) is 0.423. The Balaban J connectivity index is 1.80. The molecule has 9 nitrogen and oxygen atoms in total. The van der Waals surface area contributed by atoms with Gasteiger partial charge in [-0.2, -0.15) is 0 Å². The number of thioether (sulfide) groups is 1. The van der Waals surface area contributed by atoms with Gasteiger partial charge in [0, 0.05) is 30.3 Å². The maximum absolute atomic E-state index is 12.4. The highest BCUT2D eigenvalue weighted by molar-refractivity contribution is 8.26. The summed E-state index contributed by atoms with van der Waals surface area (Å²) in [7, 11) is -4.47. The molecule has 0 N–H and O–H groups in total. The summed E-state index contributed by atoms with van der Waals surface area (Å²) in [6.45, 7) is -0.315. The van der Waals surface area contributed by atoms with Gasteiger partial charge in [-0.3, -0.25) is 19.8 Å². The van der Waals surface area contributed by atoms with Crippen LogP contribution in [0.25, 0.3) is 17.4 Å². The first-order chi connectivity index (χ1) is 13.1. The molecule has 0 saturated carbocycles. The summed E-state index contributed by atoms with van der Waals surface area (Å²) < 4.78 is 38.1. The maximum atomic E-state index is 12.4. The molecule has 2 aromatic rings. The van der Waals surface area contributed by atoms with Crippen LogP contribution in [-0.2, 0) is 14.9 Å². The number of amides is 1. The average molecular weight is 439 g/mol. The molecule has 0 radical (unpaired) electrons. The van der Waals surface area contributed by atoms with E-state index < -0.39 is 26.7 Å². The summed E-state index contributed by atoms with van der Waals surface area (Å²) in [6, 6.07) is 9.11. The van der Waals surface area contributed by atoms with E-state index in [4.69, 9.17) is 16.6 Å². The van der Waals surface area contributed by atoms with Gasteiger partial charge in [0.25, 0.3) is 11.6 Å². The molecular formula is C16H11N2O7S3-. The predicted octanol–water partition coefficient (Wildman–Crippen LogP) is 2.60. The van der Waals surface area contributed by atoms with Crippen LogP contribution in [0.3, 0.4) is 0 Å². The highest BCUT2D eigenvalue weighted by Gasteiger charge is 2.32. The summed E-state index contributed by atoms with van der Waals surface area (Å²) in [5.74, 6) is -0.557. The Labute approximate surface area is 168 Å². The van der Waals surface area contributed by atoms with Gasteiger partial charge in [-0.25, -0.2) is 8.42 Å². The molecule has 28 heavy (non-hydrogen) atoms. The molecule has 3 rings (SSSR count). The van der Waals surface area contributed by atoms with Gasteiger partial charge in [-0.15, -0.1) is 0 Å². The van der Waals surface area contributed by atoms with Crippen LogP contribution in [0.5, 0.6) is 0 Å². The third-order valence-electron chi connectivity index (χ3n) is 3.68. The number of hydrogen-bond acceptors (Lipinski definition) is 9. The van der Waals surface area contributed by atoms with Crippen molar-refractivity contribution in [2.45, 2.75) is 0 Å². The van der Waals surface area contributed by atoms with Crippen LogP contribution >= 0.6 is 24.0 Å². The summed E-state index contributed by atoms with van der Waals surface area (Å²) >= 11 is 6.02. The molecule has 0 atom stereocenters. The van der Waals surface area contributed by atoms with E-state index in [1.807, 2.05) is 0 Å². The fraction of sp³-hybridized carbons (Fsp3) is 0.125. The number of furan rings is 1. The SMILES string of the molecule is O=C1/C(=C\c2ccc(-c3cccc([N+](=O)[O-])c3)o2)SC(=S)N1CCS(=O)(=O)[O-]. The van der Waals surface area contributed by atoms with Crippen molar-refractivity contribution in [1.82, 2.24) is 4.90 Å². The van der Waals surface area contributed by atoms with Gasteiger partial charge in [0.15, 0.2) is 0 Å². The van der Waals surface area contributed by atoms with Crippen LogP contribution in [0.1, 0.15) is 5.76 Å². The van der Waals surface area contributed by atoms with E-state index in [1.54, 1.807) is 18.2 Å². The second kappa shape index (κ2) is 7.83. The number of rotatable bonds is 6. The zero-order valence-corrected chi connectivity index (χ0v) is 16.4. The number of nitrogens with zero attached hydrogens (tertiary/aromatic N) is 2. The Morgan fingerprint density at radius 2 is 2.04 bits per heavy atom. The molecule has 146 valence electrons. The lowest BCUT2D eigenvalue weighted by atomic mass is 10.1. The number of carbonyl (C=O) groups excluding carboxylic acids is 1. The molecule has 1 aliphatic rings. The smallest absolute Gasteiger partial charge is 0.270 e. The molecule has 1 saturated heterocycles. The molecule has 0 spiro atoms. The second-order valence-corrected chi connectivity index (χ2v) is 8.80. The molecule has 0 aliphatic carbocycles. The Bertz CT molecular complexity index is 1100. The van der Waals surface area contributed by atoms with Crippen molar-refractivity contribution in [2.75, 3.05) is 12.3 Å².